The Morgan fingerprint density at radius 3 is 2.60 bits per heavy atom. The summed E-state index contributed by atoms with van der Waals surface area (Å²) in [6.45, 7) is 3.18. The van der Waals surface area contributed by atoms with Crippen molar-refractivity contribution in [1.82, 2.24) is 4.90 Å². The van der Waals surface area contributed by atoms with Gasteiger partial charge in [-0.2, -0.15) is 0 Å². The maximum Gasteiger partial charge on any atom is 0.282 e. The third-order valence-corrected chi connectivity index (χ3v) is 2.80. The number of phenolic OH excluding ortho intramolecular Hbond substituents is 1. The summed E-state index contributed by atoms with van der Waals surface area (Å²) in [6.07, 6.45) is 1.47. The summed E-state index contributed by atoms with van der Waals surface area (Å²) in [6, 6.07) is 9.95. The van der Waals surface area contributed by atoms with Gasteiger partial charge in [-0.05, 0) is 18.2 Å². The van der Waals surface area contributed by atoms with Gasteiger partial charge in [-0.3, -0.25) is 4.79 Å². The fraction of sp³-hybridized carbons (Fsp3) is 0.133. The molecule has 2 aromatic rings. The smallest absolute Gasteiger partial charge is 0.282 e. The number of halogens is 1. The van der Waals surface area contributed by atoms with Gasteiger partial charge in [-0.15, -0.1) is 0 Å². The lowest BCUT2D eigenvalue weighted by Gasteiger charge is -2.21. The van der Waals surface area contributed by atoms with E-state index in [0.717, 1.165) is 0 Å². The molecule has 0 saturated heterocycles. The molecule has 1 aromatic heterocycles. The largest absolute Gasteiger partial charge is 0.508 e. The van der Waals surface area contributed by atoms with E-state index in [-0.39, 0.29) is 18.8 Å². The molecule has 1 aromatic carbocycles. The van der Waals surface area contributed by atoms with E-state index in [0.29, 0.717) is 11.3 Å². The quantitative estimate of drug-likeness (QED) is 0.853. The Kier molecular flexibility index (Phi) is 4.20. The van der Waals surface area contributed by atoms with Crippen molar-refractivity contribution in [3.63, 3.8) is 0 Å². The van der Waals surface area contributed by atoms with Gasteiger partial charge < -0.3 is 14.4 Å². The Morgan fingerprint density at radius 2 is 2.00 bits per heavy atom. The molecule has 0 saturated carbocycles. The average molecular weight is 275 g/mol. The number of benzene rings is 1. The van der Waals surface area contributed by atoms with Crippen LogP contribution in [0.2, 0.25) is 0 Å². The third kappa shape index (κ3) is 3.26. The third-order valence-electron chi connectivity index (χ3n) is 2.80. The minimum absolute atomic E-state index is 0.0502. The Morgan fingerprint density at radius 1 is 1.25 bits per heavy atom. The number of furan rings is 1. The zero-order valence-corrected chi connectivity index (χ0v) is 10.8. The van der Waals surface area contributed by atoms with Gasteiger partial charge >= 0.3 is 0 Å². The Bertz CT molecular complexity index is 607. The van der Waals surface area contributed by atoms with Gasteiger partial charge in [0.25, 0.3) is 5.91 Å². The van der Waals surface area contributed by atoms with Crippen molar-refractivity contribution in [1.29, 1.82) is 0 Å². The van der Waals surface area contributed by atoms with E-state index in [9.17, 15) is 14.3 Å². The number of hydrogen-bond donors (Lipinski definition) is 1. The minimum Gasteiger partial charge on any atom is -0.508 e. The van der Waals surface area contributed by atoms with Crippen LogP contribution in [0.25, 0.3) is 0 Å². The molecule has 0 aliphatic heterocycles. The molecule has 0 aliphatic carbocycles. The molecule has 0 radical (unpaired) electrons. The van der Waals surface area contributed by atoms with Crippen LogP contribution in [0.3, 0.4) is 0 Å². The van der Waals surface area contributed by atoms with Gasteiger partial charge in [0.05, 0.1) is 19.4 Å². The first-order chi connectivity index (χ1) is 9.58. The Balaban J connectivity index is 2.20. The Labute approximate surface area is 115 Å². The molecule has 0 unspecified atom stereocenters. The van der Waals surface area contributed by atoms with Gasteiger partial charge in [0, 0.05) is 5.56 Å². The molecule has 1 amide bonds. The summed E-state index contributed by atoms with van der Waals surface area (Å²) in [4.78, 5) is 13.0. The molecular weight excluding hydrogens is 261 g/mol. The van der Waals surface area contributed by atoms with Crippen molar-refractivity contribution in [2.75, 3.05) is 0 Å². The van der Waals surface area contributed by atoms with Crippen LogP contribution in [0.15, 0.2) is 59.5 Å². The van der Waals surface area contributed by atoms with Crippen LogP contribution in [0, 0.1) is 0 Å². The van der Waals surface area contributed by atoms with Crippen molar-refractivity contribution in [3.8, 4) is 5.75 Å². The monoisotopic (exact) mass is 275 g/mol. The van der Waals surface area contributed by atoms with Crippen LogP contribution in [-0.2, 0) is 17.9 Å². The van der Waals surface area contributed by atoms with E-state index in [1.165, 1.54) is 17.2 Å². The molecule has 104 valence electrons. The van der Waals surface area contributed by atoms with Crippen molar-refractivity contribution in [2.24, 2.45) is 0 Å². The normalized spacial score (nSPS) is 10.2. The number of nitrogens with zero attached hydrogens (tertiary/aromatic N) is 1. The second-order valence-electron chi connectivity index (χ2n) is 4.27. The standard InChI is InChI=1S/C15H14FNO3/c1-11(16)15(19)17(10-13-6-4-8-20-13)9-12-5-2-3-7-14(12)18/h2-8,18H,1,9-10H2. The van der Waals surface area contributed by atoms with E-state index < -0.39 is 11.7 Å². The lowest BCUT2D eigenvalue weighted by molar-refractivity contribution is -0.130. The number of carbonyl (C=O) groups is 1. The van der Waals surface area contributed by atoms with Crippen LogP contribution in [-0.4, -0.2) is 15.9 Å². The fourth-order valence-electron chi connectivity index (χ4n) is 1.81. The molecule has 0 bridgehead atoms. The van der Waals surface area contributed by atoms with Crippen LogP contribution >= 0.6 is 0 Å². The average Bonchev–Trinajstić information content (AvgIpc) is 2.92. The van der Waals surface area contributed by atoms with Crippen molar-refractivity contribution in [3.05, 3.63) is 66.4 Å². The van der Waals surface area contributed by atoms with Crippen molar-refractivity contribution in [2.45, 2.75) is 13.1 Å². The predicted molar refractivity (Wildman–Crippen MR) is 71.3 cm³/mol. The maximum atomic E-state index is 13.1. The molecule has 20 heavy (non-hydrogen) atoms. The molecule has 5 heteroatoms. The highest BCUT2D eigenvalue weighted by atomic mass is 19.1. The van der Waals surface area contributed by atoms with E-state index in [4.69, 9.17) is 4.42 Å². The first-order valence-corrected chi connectivity index (χ1v) is 6.01. The first-order valence-electron chi connectivity index (χ1n) is 6.01. The highest BCUT2D eigenvalue weighted by molar-refractivity contribution is 5.90. The van der Waals surface area contributed by atoms with Crippen molar-refractivity contribution < 1.29 is 18.7 Å². The second-order valence-corrected chi connectivity index (χ2v) is 4.27. The van der Waals surface area contributed by atoms with Gasteiger partial charge in [0.15, 0.2) is 5.83 Å². The van der Waals surface area contributed by atoms with Crippen LogP contribution < -0.4 is 0 Å². The van der Waals surface area contributed by atoms with Gasteiger partial charge in [0.2, 0.25) is 0 Å². The van der Waals surface area contributed by atoms with Gasteiger partial charge in [0.1, 0.15) is 11.5 Å². The lowest BCUT2D eigenvalue weighted by Crippen LogP contribution is -2.30. The summed E-state index contributed by atoms with van der Waals surface area (Å²) in [7, 11) is 0. The first kappa shape index (κ1) is 13.9. The highest BCUT2D eigenvalue weighted by Crippen LogP contribution is 2.20. The minimum atomic E-state index is -1.05. The predicted octanol–water partition coefficient (Wildman–Crippen LogP) is 3.00. The molecule has 1 heterocycles. The lowest BCUT2D eigenvalue weighted by atomic mass is 10.2. The Hall–Kier alpha value is -2.56. The van der Waals surface area contributed by atoms with E-state index >= 15 is 0 Å². The molecular formula is C15H14FNO3. The zero-order chi connectivity index (χ0) is 14.5. The number of amides is 1. The summed E-state index contributed by atoms with van der Waals surface area (Å²) in [5.41, 5.74) is 0.522. The molecule has 2 rings (SSSR count). The molecule has 4 nitrogen and oxygen atoms in total. The number of aromatic hydroxyl groups is 1. The van der Waals surface area contributed by atoms with E-state index in [1.54, 1.807) is 30.3 Å². The number of rotatable bonds is 5. The molecule has 0 atom stereocenters. The van der Waals surface area contributed by atoms with Crippen molar-refractivity contribution >= 4 is 5.91 Å². The number of phenols is 1. The summed E-state index contributed by atoms with van der Waals surface area (Å²) in [5.74, 6) is -1.30. The van der Waals surface area contributed by atoms with Crippen LogP contribution in [0.4, 0.5) is 4.39 Å². The highest BCUT2D eigenvalue weighted by Gasteiger charge is 2.19. The second kappa shape index (κ2) is 6.06. The zero-order valence-electron chi connectivity index (χ0n) is 10.8. The molecule has 1 N–H and O–H groups in total. The SMILES string of the molecule is C=C(F)C(=O)N(Cc1ccco1)Cc1ccccc1O. The molecule has 0 spiro atoms. The summed E-state index contributed by atoms with van der Waals surface area (Å²) < 4.78 is 18.3. The maximum absolute atomic E-state index is 13.1. The summed E-state index contributed by atoms with van der Waals surface area (Å²) >= 11 is 0. The topological polar surface area (TPSA) is 53.7 Å². The van der Waals surface area contributed by atoms with Gasteiger partial charge in [-0.1, -0.05) is 24.8 Å². The summed E-state index contributed by atoms with van der Waals surface area (Å²) in [5, 5.41) is 9.73. The molecule has 0 aliphatic rings. The van der Waals surface area contributed by atoms with E-state index in [2.05, 4.69) is 6.58 Å². The number of para-hydroxylation sites is 1. The van der Waals surface area contributed by atoms with E-state index in [1.807, 2.05) is 0 Å². The molecule has 0 fully saturated rings. The fourth-order valence-corrected chi connectivity index (χ4v) is 1.81. The van der Waals surface area contributed by atoms with Crippen LogP contribution in [0.1, 0.15) is 11.3 Å². The van der Waals surface area contributed by atoms with Gasteiger partial charge in [-0.25, -0.2) is 4.39 Å². The van der Waals surface area contributed by atoms with Crippen LogP contribution in [0.5, 0.6) is 5.75 Å². The number of carbonyl (C=O) groups excluding carboxylic acids is 1. The number of hydrogen-bond acceptors (Lipinski definition) is 3.